The molecule has 6 nitrogen and oxygen atoms in total. The van der Waals surface area contributed by atoms with Gasteiger partial charge in [0.1, 0.15) is 0 Å². The van der Waals surface area contributed by atoms with E-state index in [0.717, 1.165) is 49.9 Å². The van der Waals surface area contributed by atoms with Crippen LogP contribution >= 0.6 is 35.6 Å². The van der Waals surface area contributed by atoms with Crippen molar-refractivity contribution in [2.45, 2.75) is 44.2 Å². The van der Waals surface area contributed by atoms with E-state index in [4.69, 9.17) is 17.3 Å². The third kappa shape index (κ3) is 6.80. The molecule has 1 aliphatic carbocycles. The number of nitrogens with two attached hydrogens (primary N) is 1. The van der Waals surface area contributed by atoms with Gasteiger partial charge in [-0.15, -0.1) is 24.0 Å². The number of amides is 1. The lowest BCUT2D eigenvalue weighted by molar-refractivity contribution is -0.119. The molecule has 4 N–H and O–H groups in total. The van der Waals surface area contributed by atoms with Gasteiger partial charge in [-0.3, -0.25) is 14.7 Å². The van der Waals surface area contributed by atoms with Gasteiger partial charge in [-0.05, 0) is 43.9 Å². The van der Waals surface area contributed by atoms with Crippen molar-refractivity contribution in [2.75, 3.05) is 26.2 Å². The fraction of sp³-hybridized carbons (Fsp3) is 0.579. The first-order valence-corrected chi connectivity index (χ1v) is 9.76. The maximum Gasteiger partial charge on any atom is 0.231 e. The maximum atomic E-state index is 11.0. The Kier molecular flexibility index (Phi) is 8.62. The van der Waals surface area contributed by atoms with Gasteiger partial charge in [0.05, 0.1) is 6.54 Å². The number of benzene rings is 1. The first kappa shape index (κ1) is 22.2. The van der Waals surface area contributed by atoms with Crippen LogP contribution in [0.3, 0.4) is 0 Å². The second-order valence-corrected chi connectivity index (χ2v) is 7.57. The minimum atomic E-state index is -0.257. The topological polar surface area (TPSA) is 82.8 Å². The van der Waals surface area contributed by atoms with Gasteiger partial charge < -0.3 is 16.4 Å². The summed E-state index contributed by atoms with van der Waals surface area (Å²) >= 11 is 6.10. The molecule has 8 heteroatoms. The molecule has 150 valence electrons. The summed E-state index contributed by atoms with van der Waals surface area (Å²) in [5.41, 5.74) is 6.56. The molecule has 0 aromatic heterocycles. The molecule has 1 aromatic carbocycles. The molecule has 27 heavy (non-hydrogen) atoms. The largest absolute Gasteiger partial charge is 0.369 e. The highest BCUT2D eigenvalue weighted by Gasteiger charge is 2.39. The van der Waals surface area contributed by atoms with Crippen LogP contribution in [0.2, 0.25) is 5.02 Å². The number of nitrogens with one attached hydrogen (secondary N) is 2. The van der Waals surface area contributed by atoms with Crippen molar-refractivity contribution >= 4 is 47.4 Å². The number of carbonyl (C=O) groups is 1. The summed E-state index contributed by atoms with van der Waals surface area (Å²) in [5, 5.41) is 7.90. The molecule has 0 radical (unpaired) electrons. The first-order chi connectivity index (χ1) is 12.5. The van der Waals surface area contributed by atoms with Gasteiger partial charge in [0.25, 0.3) is 0 Å². The molecular weight excluding hydrogens is 477 g/mol. The first-order valence-electron chi connectivity index (χ1n) is 9.38. The van der Waals surface area contributed by atoms with Gasteiger partial charge in [-0.25, -0.2) is 0 Å². The van der Waals surface area contributed by atoms with Gasteiger partial charge in [-0.2, -0.15) is 0 Å². The zero-order chi connectivity index (χ0) is 18.5. The Morgan fingerprint density at radius 1 is 1.33 bits per heavy atom. The Morgan fingerprint density at radius 2 is 2.07 bits per heavy atom. The molecule has 1 aliphatic heterocycles. The van der Waals surface area contributed by atoms with E-state index in [-0.39, 0.29) is 29.9 Å². The van der Waals surface area contributed by atoms with Gasteiger partial charge in [-0.1, -0.05) is 23.7 Å². The van der Waals surface area contributed by atoms with Gasteiger partial charge >= 0.3 is 0 Å². The van der Waals surface area contributed by atoms with Crippen LogP contribution in [0, 0.1) is 0 Å². The Hall–Kier alpha value is -1.06. The minimum absolute atomic E-state index is 0. The number of hydrogen-bond donors (Lipinski definition) is 3. The molecule has 2 unspecified atom stereocenters. The number of likely N-dealkylation sites (tertiary alicyclic amines) is 1. The normalized spacial score (nSPS) is 23.4. The summed E-state index contributed by atoms with van der Waals surface area (Å²) in [6.45, 7) is 4.90. The van der Waals surface area contributed by atoms with Gasteiger partial charge in [0.15, 0.2) is 5.96 Å². The van der Waals surface area contributed by atoms with Crippen molar-refractivity contribution < 1.29 is 4.79 Å². The van der Waals surface area contributed by atoms with Crippen LogP contribution < -0.4 is 16.4 Å². The number of carbonyl (C=O) groups excluding carboxylic acids is 1. The van der Waals surface area contributed by atoms with E-state index < -0.39 is 0 Å². The van der Waals surface area contributed by atoms with E-state index >= 15 is 0 Å². The Labute approximate surface area is 183 Å². The van der Waals surface area contributed by atoms with Crippen molar-refractivity contribution in [2.24, 2.45) is 10.7 Å². The number of aliphatic imine (C=N–C) groups is 1. The van der Waals surface area contributed by atoms with Crippen LogP contribution in [-0.4, -0.2) is 55.0 Å². The molecule has 0 bridgehead atoms. The number of hydrogen-bond acceptors (Lipinski definition) is 3. The molecule has 3 rings (SSSR count). The summed E-state index contributed by atoms with van der Waals surface area (Å²) < 4.78 is 0. The van der Waals surface area contributed by atoms with E-state index in [1.54, 1.807) is 0 Å². The zero-order valence-electron chi connectivity index (χ0n) is 15.7. The average Bonchev–Trinajstić information content (AvgIpc) is 3.35. The molecule has 1 saturated carbocycles. The number of guanidine groups is 1. The molecule has 0 spiro atoms. The summed E-state index contributed by atoms with van der Waals surface area (Å²) in [5.74, 6) is 1.12. The SMILES string of the molecule is CCN=C(NC1CCN(CC(N)=O)CC1)NC1CC1c1cccc(Cl)c1.I. The highest BCUT2D eigenvalue weighted by Crippen LogP contribution is 2.41. The van der Waals surface area contributed by atoms with E-state index in [0.29, 0.717) is 24.5 Å². The number of piperidine rings is 1. The molecule has 2 aliphatic rings. The maximum absolute atomic E-state index is 11.0. The summed E-state index contributed by atoms with van der Waals surface area (Å²) in [4.78, 5) is 17.7. The molecule has 1 amide bonds. The van der Waals surface area contributed by atoms with Crippen LogP contribution in [0.4, 0.5) is 0 Å². The minimum Gasteiger partial charge on any atom is -0.369 e. The van der Waals surface area contributed by atoms with E-state index in [2.05, 4.69) is 26.6 Å². The Balaban J connectivity index is 0.00000261. The van der Waals surface area contributed by atoms with Crippen molar-refractivity contribution in [1.82, 2.24) is 15.5 Å². The smallest absolute Gasteiger partial charge is 0.231 e. The van der Waals surface area contributed by atoms with Crippen molar-refractivity contribution in [3.8, 4) is 0 Å². The second kappa shape index (κ2) is 10.5. The van der Waals surface area contributed by atoms with Gasteiger partial charge in [0, 0.05) is 42.7 Å². The monoisotopic (exact) mass is 505 g/mol. The lowest BCUT2D eigenvalue weighted by Gasteiger charge is -2.32. The van der Waals surface area contributed by atoms with E-state index in [9.17, 15) is 4.79 Å². The molecule has 2 atom stereocenters. The van der Waals surface area contributed by atoms with E-state index in [1.807, 2.05) is 25.1 Å². The number of nitrogens with zero attached hydrogens (tertiary/aromatic N) is 2. The number of halogens is 2. The van der Waals surface area contributed by atoms with Crippen LogP contribution in [-0.2, 0) is 4.79 Å². The predicted molar refractivity (Wildman–Crippen MR) is 121 cm³/mol. The Morgan fingerprint density at radius 3 is 2.70 bits per heavy atom. The second-order valence-electron chi connectivity index (χ2n) is 7.13. The molecule has 1 aromatic rings. The number of primary amides is 1. The lowest BCUT2D eigenvalue weighted by Crippen LogP contribution is -2.50. The van der Waals surface area contributed by atoms with Crippen LogP contribution in [0.1, 0.15) is 37.7 Å². The molecule has 1 saturated heterocycles. The van der Waals surface area contributed by atoms with Gasteiger partial charge in [0.2, 0.25) is 5.91 Å². The highest BCUT2D eigenvalue weighted by molar-refractivity contribution is 14.0. The lowest BCUT2D eigenvalue weighted by atomic mass is 10.1. The third-order valence-corrected chi connectivity index (χ3v) is 5.25. The van der Waals surface area contributed by atoms with Crippen LogP contribution in [0.25, 0.3) is 0 Å². The third-order valence-electron chi connectivity index (χ3n) is 5.01. The summed E-state index contributed by atoms with van der Waals surface area (Å²) in [6, 6.07) is 8.88. The van der Waals surface area contributed by atoms with Crippen molar-refractivity contribution in [1.29, 1.82) is 0 Å². The summed E-state index contributed by atoms with van der Waals surface area (Å²) in [6.07, 6.45) is 3.07. The standard InChI is InChI=1S/C19H28ClN5O.HI/c1-2-22-19(23-15-6-8-25(9-7-15)12-18(21)26)24-17-11-16(17)13-4-3-5-14(20)10-13;/h3-5,10,15-17H,2,6-9,11-12H2,1H3,(H2,21,26)(H2,22,23,24);1H. The fourth-order valence-electron chi connectivity index (χ4n) is 3.58. The van der Waals surface area contributed by atoms with Crippen molar-refractivity contribution in [3.63, 3.8) is 0 Å². The van der Waals surface area contributed by atoms with Crippen LogP contribution in [0.5, 0.6) is 0 Å². The Bertz CT molecular complexity index is 663. The van der Waals surface area contributed by atoms with Crippen molar-refractivity contribution in [3.05, 3.63) is 34.9 Å². The van der Waals surface area contributed by atoms with E-state index in [1.165, 1.54) is 5.56 Å². The van der Waals surface area contributed by atoms with Crippen LogP contribution in [0.15, 0.2) is 29.3 Å². The predicted octanol–water partition coefficient (Wildman–Crippen LogP) is 2.32. The summed E-state index contributed by atoms with van der Waals surface area (Å²) in [7, 11) is 0. The quantitative estimate of drug-likeness (QED) is 0.315. The number of rotatable bonds is 6. The fourth-order valence-corrected chi connectivity index (χ4v) is 3.77. The molecule has 1 heterocycles. The highest BCUT2D eigenvalue weighted by atomic mass is 127. The zero-order valence-corrected chi connectivity index (χ0v) is 18.7. The molecular formula is C19H29ClIN5O. The average molecular weight is 506 g/mol. The molecule has 2 fully saturated rings.